The standard InChI is InChI=1S/C15H11F2NO2/c16-9-2-1-3-10(17)13(9)18-14(19)11-7-4-5-8(6-7)12(11)15(18)20/h1-5,7-8,11-12H,6H2/t7-,8-,11+,12+/m0/s1. The average molecular weight is 275 g/mol. The number of amides is 2. The second kappa shape index (κ2) is 3.75. The van der Waals surface area contributed by atoms with Gasteiger partial charge in [0.1, 0.15) is 17.3 Å². The van der Waals surface area contributed by atoms with Gasteiger partial charge in [0.2, 0.25) is 11.8 Å². The van der Waals surface area contributed by atoms with Gasteiger partial charge in [-0.3, -0.25) is 9.59 Å². The fraction of sp³-hybridized carbons (Fsp3) is 0.333. The Morgan fingerprint density at radius 2 is 1.45 bits per heavy atom. The second-order valence-electron chi connectivity index (χ2n) is 5.58. The Bertz CT molecular complexity index is 620. The lowest BCUT2D eigenvalue weighted by atomic mass is 9.85. The first kappa shape index (κ1) is 11.8. The maximum atomic E-state index is 13.8. The van der Waals surface area contributed by atoms with E-state index >= 15 is 0 Å². The van der Waals surface area contributed by atoms with E-state index in [0.29, 0.717) is 4.90 Å². The minimum absolute atomic E-state index is 0.0290. The molecule has 20 heavy (non-hydrogen) atoms. The summed E-state index contributed by atoms with van der Waals surface area (Å²) in [5, 5.41) is 0. The van der Waals surface area contributed by atoms with Crippen molar-refractivity contribution in [3.63, 3.8) is 0 Å². The van der Waals surface area contributed by atoms with Gasteiger partial charge in [-0.25, -0.2) is 13.7 Å². The first-order valence-electron chi connectivity index (χ1n) is 6.59. The van der Waals surface area contributed by atoms with Gasteiger partial charge >= 0.3 is 0 Å². The van der Waals surface area contributed by atoms with Gasteiger partial charge in [0.15, 0.2) is 0 Å². The molecule has 0 unspecified atom stereocenters. The maximum Gasteiger partial charge on any atom is 0.238 e. The van der Waals surface area contributed by atoms with Crippen LogP contribution in [0.2, 0.25) is 0 Å². The Kier molecular flexibility index (Phi) is 2.20. The molecule has 1 aromatic carbocycles. The van der Waals surface area contributed by atoms with E-state index in [2.05, 4.69) is 0 Å². The highest BCUT2D eigenvalue weighted by atomic mass is 19.1. The van der Waals surface area contributed by atoms with Crippen LogP contribution in [-0.2, 0) is 9.59 Å². The average Bonchev–Trinajstić information content (AvgIpc) is 3.07. The van der Waals surface area contributed by atoms with Crippen molar-refractivity contribution in [2.75, 3.05) is 4.90 Å². The number of benzene rings is 1. The summed E-state index contributed by atoms with van der Waals surface area (Å²) in [6.45, 7) is 0. The number of allylic oxidation sites excluding steroid dienone is 2. The molecule has 1 aromatic rings. The number of fused-ring (bicyclic) bond motifs is 5. The highest BCUT2D eigenvalue weighted by molar-refractivity contribution is 6.22. The lowest BCUT2D eigenvalue weighted by Gasteiger charge is -2.18. The number of para-hydroxylation sites is 1. The van der Waals surface area contributed by atoms with Crippen LogP contribution in [0.1, 0.15) is 6.42 Å². The summed E-state index contributed by atoms with van der Waals surface area (Å²) in [6.07, 6.45) is 4.68. The van der Waals surface area contributed by atoms with Gasteiger partial charge in [-0.2, -0.15) is 0 Å². The van der Waals surface area contributed by atoms with E-state index in [4.69, 9.17) is 0 Å². The zero-order valence-electron chi connectivity index (χ0n) is 10.4. The maximum absolute atomic E-state index is 13.8. The summed E-state index contributed by atoms with van der Waals surface area (Å²) >= 11 is 0. The van der Waals surface area contributed by atoms with Gasteiger partial charge in [0.05, 0.1) is 11.8 Å². The van der Waals surface area contributed by atoms with Crippen LogP contribution in [0, 0.1) is 35.3 Å². The molecule has 2 fully saturated rings. The summed E-state index contributed by atoms with van der Waals surface area (Å²) in [5.41, 5.74) is -0.531. The van der Waals surface area contributed by atoms with Gasteiger partial charge < -0.3 is 0 Å². The second-order valence-corrected chi connectivity index (χ2v) is 5.58. The van der Waals surface area contributed by atoms with Crippen LogP contribution in [0.4, 0.5) is 14.5 Å². The molecule has 3 nitrogen and oxygen atoms in total. The molecule has 2 aliphatic carbocycles. The number of nitrogens with zero attached hydrogens (tertiary/aromatic N) is 1. The zero-order valence-corrected chi connectivity index (χ0v) is 10.4. The Labute approximate surface area is 113 Å². The molecule has 0 spiro atoms. The Morgan fingerprint density at radius 3 is 1.95 bits per heavy atom. The molecule has 2 bridgehead atoms. The molecule has 102 valence electrons. The van der Waals surface area contributed by atoms with Crippen molar-refractivity contribution in [3.8, 4) is 0 Å². The minimum atomic E-state index is -0.882. The smallest absolute Gasteiger partial charge is 0.238 e. The van der Waals surface area contributed by atoms with E-state index in [1.165, 1.54) is 6.07 Å². The number of rotatable bonds is 1. The number of carbonyl (C=O) groups excluding carboxylic acids is 2. The third-order valence-electron chi connectivity index (χ3n) is 4.63. The molecule has 0 N–H and O–H groups in total. The third-order valence-corrected chi connectivity index (χ3v) is 4.63. The van der Waals surface area contributed by atoms with Crippen molar-refractivity contribution in [2.45, 2.75) is 6.42 Å². The number of carbonyl (C=O) groups is 2. The summed E-state index contributed by atoms with van der Waals surface area (Å²) in [4.78, 5) is 25.6. The van der Waals surface area contributed by atoms with Crippen LogP contribution in [0.15, 0.2) is 30.4 Å². The van der Waals surface area contributed by atoms with E-state index in [0.717, 1.165) is 18.6 Å². The predicted octanol–water partition coefficient (Wildman–Crippen LogP) is 2.28. The number of imide groups is 1. The SMILES string of the molecule is O=C1[C@H]2[C@H](C(=O)N1c1c(F)cccc1F)[C@H]1C=C[C@H]2C1. The zero-order chi connectivity index (χ0) is 14.0. The normalized spacial score (nSPS) is 34.2. The fourth-order valence-electron chi connectivity index (χ4n) is 3.83. The first-order valence-corrected chi connectivity index (χ1v) is 6.59. The molecule has 1 heterocycles. The van der Waals surface area contributed by atoms with E-state index in [9.17, 15) is 18.4 Å². The van der Waals surface area contributed by atoms with Crippen molar-refractivity contribution in [2.24, 2.45) is 23.7 Å². The number of hydrogen-bond donors (Lipinski definition) is 0. The minimum Gasteiger partial charge on any atom is -0.274 e. The molecule has 2 amide bonds. The highest BCUT2D eigenvalue weighted by Gasteiger charge is 2.60. The molecule has 5 heteroatoms. The van der Waals surface area contributed by atoms with Gasteiger partial charge in [-0.1, -0.05) is 18.2 Å². The topological polar surface area (TPSA) is 37.4 Å². The Hall–Kier alpha value is -2.04. The van der Waals surface area contributed by atoms with E-state index < -0.39 is 41.0 Å². The third kappa shape index (κ3) is 1.27. The molecule has 3 aliphatic rings. The van der Waals surface area contributed by atoms with Gasteiger partial charge in [-0.05, 0) is 30.4 Å². The molecule has 0 aromatic heterocycles. The summed E-state index contributed by atoms with van der Waals surface area (Å²) < 4.78 is 27.7. The molecule has 4 rings (SSSR count). The van der Waals surface area contributed by atoms with Crippen molar-refractivity contribution < 1.29 is 18.4 Å². The molecule has 1 aliphatic heterocycles. The lowest BCUT2D eigenvalue weighted by Crippen LogP contribution is -2.34. The van der Waals surface area contributed by atoms with Crippen LogP contribution < -0.4 is 4.90 Å². The number of anilines is 1. The predicted molar refractivity (Wildman–Crippen MR) is 66.6 cm³/mol. The van der Waals surface area contributed by atoms with Crippen molar-refractivity contribution >= 4 is 17.5 Å². The molecular weight excluding hydrogens is 264 g/mol. The molecule has 1 saturated carbocycles. The van der Waals surface area contributed by atoms with Crippen LogP contribution in [0.5, 0.6) is 0 Å². The molecule has 0 radical (unpaired) electrons. The quantitative estimate of drug-likeness (QED) is 0.582. The van der Waals surface area contributed by atoms with Gasteiger partial charge in [-0.15, -0.1) is 0 Å². The largest absolute Gasteiger partial charge is 0.274 e. The monoisotopic (exact) mass is 275 g/mol. The van der Waals surface area contributed by atoms with Crippen LogP contribution >= 0.6 is 0 Å². The van der Waals surface area contributed by atoms with Crippen LogP contribution in [-0.4, -0.2) is 11.8 Å². The molecule has 4 atom stereocenters. The van der Waals surface area contributed by atoms with Crippen LogP contribution in [0.3, 0.4) is 0 Å². The van der Waals surface area contributed by atoms with E-state index in [-0.39, 0.29) is 11.8 Å². The van der Waals surface area contributed by atoms with Crippen molar-refractivity contribution in [3.05, 3.63) is 42.0 Å². The Morgan fingerprint density at radius 1 is 0.950 bits per heavy atom. The first-order chi connectivity index (χ1) is 9.59. The summed E-state index contributed by atoms with van der Waals surface area (Å²) in [6, 6.07) is 3.32. The highest BCUT2D eigenvalue weighted by Crippen LogP contribution is 2.53. The van der Waals surface area contributed by atoms with E-state index in [1.54, 1.807) is 0 Å². The van der Waals surface area contributed by atoms with E-state index in [1.807, 2.05) is 12.2 Å². The van der Waals surface area contributed by atoms with Gasteiger partial charge in [0.25, 0.3) is 0 Å². The van der Waals surface area contributed by atoms with Crippen molar-refractivity contribution in [1.82, 2.24) is 0 Å². The molecular formula is C15H11F2NO2. The number of halogens is 2. The van der Waals surface area contributed by atoms with Crippen LogP contribution in [0.25, 0.3) is 0 Å². The van der Waals surface area contributed by atoms with Gasteiger partial charge in [0, 0.05) is 0 Å². The summed E-state index contributed by atoms with van der Waals surface area (Å²) in [5.74, 6) is -3.55. The number of hydrogen-bond acceptors (Lipinski definition) is 2. The van der Waals surface area contributed by atoms with Crippen molar-refractivity contribution in [1.29, 1.82) is 0 Å². The Balaban J connectivity index is 1.82. The molecule has 1 saturated heterocycles. The summed E-state index contributed by atoms with van der Waals surface area (Å²) in [7, 11) is 0. The lowest BCUT2D eigenvalue weighted by molar-refractivity contribution is -0.123. The fourth-order valence-corrected chi connectivity index (χ4v) is 3.83.